The molecule has 1 aliphatic heterocycles. The average molecular weight is 380 g/mol. The van der Waals surface area contributed by atoms with E-state index in [0.717, 1.165) is 0 Å². The van der Waals surface area contributed by atoms with Crippen molar-refractivity contribution < 1.29 is 23.5 Å². The molecule has 128 valence electrons. The average Bonchev–Trinajstić information content (AvgIpc) is 3.10. The number of halogens is 2. The zero-order valence-corrected chi connectivity index (χ0v) is 14.6. The number of benzene rings is 1. The van der Waals surface area contributed by atoms with Crippen molar-refractivity contribution in [2.45, 2.75) is 6.92 Å². The summed E-state index contributed by atoms with van der Waals surface area (Å²) in [5.41, 5.74) is 0.727. The minimum absolute atomic E-state index is 0.0196. The molecule has 0 atom stereocenters. The first-order valence-corrected chi connectivity index (χ1v) is 7.81. The molecule has 0 saturated carbocycles. The van der Waals surface area contributed by atoms with Crippen molar-refractivity contribution in [3.63, 3.8) is 0 Å². The summed E-state index contributed by atoms with van der Waals surface area (Å²) in [4.78, 5) is 27.7. The van der Waals surface area contributed by atoms with Gasteiger partial charge in [-0.15, -0.1) is 0 Å². The van der Waals surface area contributed by atoms with E-state index < -0.39 is 11.9 Å². The highest BCUT2D eigenvalue weighted by Gasteiger charge is 2.26. The van der Waals surface area contributed by atoms with Crippen LogP contribution in [0, 0.1) is 6.92 Å². The van der Waals surface area contributed by atoms with Gasteiger partial charge in [0.15, 0.2) is 5.70 Å². The number of aliphatic imine (C=N–C) groups is 1. The van der Waals surface area contributed by atoms with Gasteiger partial charge >= 0.3 is 11.9 Å². The van der Waals surface area contributed by atoms with Gasteiger partial charge in [0.05, 0.1) is 17.7 Å². The molecular weight excluding hydrogens is 369 g/mol. The lowest BCUT2D eigenvalue weighted by molar-refractivity contribution is -0.129. The van der Waals surface area contributed by atoms with Gasteiger partial charge in [0.1, 0.15) is 17.1 Å². The Morgan fingerprint density at radius 1 is 1.28 bits per heavy atom. The number of cyclic esters (lactones) is 1. The van der Waals surface area contributed by atoms with Crippen LogP contribution in [0.25, 0.3) is 6.08 Å². The molecule has 3 rings (SSSR count). The summed E-state index contributed by atoms with van der Waals surface area (Å²) < 4.78 is 15.2. The van der Waals surface area contributed by atoms with Crippen molar-refractivity contribution in [1.29, 1.82) is 0 Å². The molecule has 0 fully saturated rings. The summed E-state index contributed by atoms with van der Waals surface area (Å²) in [6, 6.07) is 6.20. The Balaban J connectivity index is 1.95. The molecule has 0 spiro atoms. The van der Waals surface area contributed by atoms with Crippen molar-refractivity contribution in [2.24, 2.45) is 4.99 Å². The standard InChI is InChI=1S/C17H11Cl2NO5/c1-8-12(16(21)23-2)6-10(24-8)7-14-17(22)25-15(20-14)11-4-3-9(18)5-13(11)19/h3-7H,1-2H3/b14-7-. The van der Waals surface area contributed by atoms with E-state index in [1.54, 1.807) is 19.1 Å². The minimum atomic E-state index is -0.658. The monoisotopic (exact) mass is 379 g/mol. The maximum Gasteiger partial charge on any atom is 0.363 e. The summed E-state index contributed by atoms with van der Waals surface area (Å²) in [5.74, 6) is -0.479. The molecular formula is C17H11Cl2NO5. The van der Waals surface area contributed by atoms with Crippen molar-refractivity contribution in [2.75, 3.05) is 7.11 Å². The molecule has 1 aromatic carbocycles. The molecule has 0 amide bonds. The molecule has 0 N–H and O–H groups in total. The number of methoxy groups -OCH3 is 1. The third-order valence-corrected chi connectivity index (χ3v) is 3.95. The van der Waals surface area contributed by atoms with Crippen molar-refractivity contribution in [3.8, 4) is 0 Å². The fourth-order valence-corrected chi connectivity index (χ4v) is 2.70. The summed E-state index contributed by atoms with van der Waals surface area (Å²) in [7, 11) is 1.27. The van der Waals surface area contributed by atoms with E-state index in [2.05, 4.69) is 9.73 Å². The van der Waals surface area contributed by atoms with Crippen LogP contribution in [0.1, 0.15) is 27.4 Å². The Kier molecular flexibility index (Phi) is 4.65. The Bertz CT molecular complexity index is 943. The van der Waals surface area contributed by atoms with Gasteiger partial charge in [0.25, 0.3) is 0 Å². The maximum absolute atomic E-state index is 12.0. The normalized spacial score (nSPS) is 15.3. The second-order valence-corrected chi connectivity index (χ2v) is 5.91. The van der Waals surface area contributed by atoms with Gasteiger partial charge in [0, 0.05) is 11.1 Å². The molecule has 2 heterocycles. The third kappa shape index (κ3) is 3.45. The topological polar surface area (TPSA) is 78.1 Å². The van der Waals surface area contributed by atoms with Gasteiger partial charge in [-0.1, -0.05) is 23.2 Å². The Hall–Kier alpha value is -2.57. The number of carbonyl (C=O) groups is 2. The SMILES string of the molecule is COC(=O)c1cc(/C=C2\N=C(c3ccc(Cl)cc3Cl)OC2=O)oc1C. The van der Waals surface area contributed by atoms with E-state index in [9.17, 15) is 9.59 Å². The number of furan rings is 1. The summed E-state index contributed by atoms with van der Waals surface area (Å²) in [6.07, 6.45) is 1.37. The first-order valence-electron chi connectivity index (χ1n) is 7.06. The van der Waals surface area contributed by atoms with Gasteiger partial charge in [-0.05, 0) is 31.2 Å². The highest BCUT2D eigenvalue weighted by molar-refractivity contribution is 6.37. The zero-order chi connectivity index (χ0) is 18.1. The number of hydrogen-bond acceptors (Lipinski definition) is 6. The van der Waals surface area contributed by atoms with Crippen LogP contribution in [0.15, 0.2) is 39.4 Å². The van der Waals surface area contributed by atoms with E-state index >= 15 is 0 Å². The zero-order valence-electron chi connectivity index (χ0n) is 13.1. The largest absolute Gasteiger partial charge is 0.465 e. The lowest BCUT2D eigenvalue weighted by atomic mass is 10.2. The number of rotatable bonds is 3. The van der Waals surface area contributed by atoms with Crippen LogP contribution in [0.4, 0.5) is 0 Å². The number of aryl methyl sites for hydroxylation is 1. The molecule has 0 aliphatic carbocycles. The molecule has 1 aliphatic rings. The van der Waals surface area contributed by atoms with E-state index in [0.29, 0.717) is 21.4 Å². The number of hydrogen-bond donors (Lipinski definition) is 0. The summed E-state index contributed by atoms with van der Waals surface area (Å²) in [6.45, 7) is 1.61. The first kappa shape index (κ1) is 17.3. The van der Waals surface area contributed by atoms with Crippen LogP contribution in [-0.4, -0.2) is 24.9 Å². The molecule has 2 aromatic rings. The maximum atomic E-state index is 12.0. The number of carbonyl (C=O) groups excluding carboxylic acids is 2. The fourth-order valence-electron chi connectivity index (χ4n) is 2.21. The van der Waals surface area contributed by atoms with E-state index in [1.807, 2.05) is 0 Å². The van der Waals surface area contributed by atoms with Crippen LogP contribution in [0.2, 0.25) is 10.0 Å². The third-order valence-electron chi connectivity index (χ3n) is 3.40. The van der Waals surface area contributed by atoms with Crippen molar-refractivity contribution in [1.82, 2.24) is 0 Å². The Morgan fingerprint density at radius 2 is 2.04 bits per heavy atom. The first-order chi connectivity index (χ1) is 11.9. The summed E-state index contributed by atoms with van der Waals surface area (Å²) >= 11 is 11.9. The highest BCUT2D eigenvalue weighted by Crippen LogP contribution is 2.27. The van der Waals surface area contributed by atoms with E-state index in [-0.39, 0.29) is 22.9 Å². The van der Waals surface area contributed by atoms with Gasteiger partial charge in [-0.3, -0.25) is 0 Å². The van der Waals surface area contributed by atoms with Crippen LogP contribution >= 0.6 is 23.2 Å². The van der Waals surface area contributed by atoms with E-state index in [4.69, 9.17) is 32.4 Å². The fraction of sp³-hybridized carbons (Fsp3) is 0.118. The number of nitrogens with zero attached hydrogens (tertiary/aromatic N) is 1. The Morgan fingerprint density at radius 3 is 2.72 bits per heavy atom. The quantitative estimate of drug-likeness (QED) is 0.594. The predicted octanol–water partition coefficient (Wildman–Crippen LogP) is 4.03. The van der Waals surface area contributed by atoms with Gasteiger partial charge < -0.3 is 13.9 Å². The molecule has 0 unspecified atom stereocenters. The lowest BCUT2D eigenvalue weighted by Crippen LogP contribution is -2.05. The van der Waals surface area contributed by atoms with Crippen molar-refractivity contribution >= 4 is 47.1 Å². The number of ether oxygens (including phenoxy) is 2. The molecule has 25 heavy (non-hydrogen) atoms. The second kappa shape index (κ2) is 6.74. The molecule has 6 nitrogen and oxygen atoms in total. The molecule has 8 heteroatoms. The number of esters is 2. The highest BCUT2D eigenvalue weighted by atomic mass is 35.5. The Labute approximate surface area is 152 Å². The molecule has 0 radical (unpaired) electrons. The summed E-state index contributed by atoms with van der Waals surface area (Å²) in [5, 5.41) is 0.762. The van der Waals surface area contributed by atoms with Crippen LogP contribution in [0.5, 0.6) is 0 Å². The van der Waals surface area contributed by atoms with Gasteiger partial charge in [-0.25, -0.2) is 14.6 Å². The van der Waals surface area contributed by atoms with E-state index in [1.165, 1.54) is 25.3 Å². The minimum Gasteiger partial charge on any atom is -0.465 e. The molecule has 0 saturated heterocycles. The second-order valence-electron chi connectivity index (χ2n) is 5.07. The van der Waals surface area contributed by atoms with Crippen molar-refractivity contribution in [3.05, 3.63) is 62.7 Å². The predicted molar refractivity (Wildman–Crippen MR) is 91.9 cm³/mol. The lowest BCUT2D eigenvalue weighted by Gasteiger charge is -2.02. The van der Waals surface area contributed by atoms with Crippen LogP contribution in [0.3, 0.4) is 0 Å². The van der Waals surface area contributed by atoms with Gasteiger partial charge in [0.2, 0.25) is 5.90 Å². The smallest absolute Gasteiger partial charge is 0.363 e. The van der Waals surface area contributed by atoms with Crippen LogP contribution in [-0.2, 0) is 14.3 Å². The van der Waals surface area contributed by atoms with Gasteiger partial charge in [-0.2, -0.15) is 0 Å². The van der Waals surface area contributed by atoms with Crippen LogP contribution < -0.4 is 0 Å². The molecule has 0 bridgehead atoms. The molecule has 1 aromatic heterocycles.